The lowest BCUT2D eigenvalue weighted by molar-refractivity contribution is -0.380. The van der Waals surface area contributed by atoms with Crippen molar-refractivity contribution >= 4 is 34.1 Å². The number of imide groups is 1. The maximum atomic E-state index is 12.4. The first-order chi connectivity index (χ1) is 10.0. The van der Waals surface area contributed by atoms with Crippen LogP contribution in [0, 0.1) is 10.1 Å². The molecule has 1 fully saturated rings. The van der Waals surface area contributed by atoms with Crippen molar-refractivity contribution in [3.63, 3.8) is 0 Å². The highest BCUT2D eigenvalue weighted by Crippen LogP contribution is 2.38. The summed E-state index contributed by atoms with van der Waals surface area (Å²) in [6.45, 7) is 0.507. The minimum absolute atomic E-state index is 0.0220. The third-order valence-electron chi connectivity index (χ3n) is 3.64. The minimum Gasteiger partial charge on any atom is -0.354 e. The summed E-state index contributed by atoms with van der Waals surface area (Å²) in [6.07, 6.45) is 1.86. The van der Waals surface area contributed by atoms with Crippen LogP contribution in [0.2, 0.25) is 0 Å². The fourth-order valence-electron chi connectivity index (χ4n) is 2.64. The molecule has 21 heavy (non-hydrogen) atoms. The Morgan fingerprint density at radius 2 is 2.05 bits per heavy atom. The van der Waals surface area contributed by atoms with E-state index in [1.165, 1.54) is 5.38 Å². The summed E-state index contributed by atoms with van der Waals surface area (Å²) in [5, 5.41) is 14.5. The molecule has 0 spiro atoms. The average molecular weight is 309 g/mol. The zero-order valence-electron chi connectivity index (χ0n) is 10.8. The van der Waals surface area contributed by atoms with Crippen LogP contribution in [-0.2, 0) is 4.79 Å². The molecule has 0 radical (unpaired) electrons. The Morgan fingerprint density at radius 3 is 2.76 bits per heavy atom. The second kappa shape index (κ2) is 4.92. The van der Waals surface area contributed by atoms with Crippen molar-refractivity contribution in [1.29, 1.82) is 0 Å². The quantitative estimate of drug-likeness (QED) is 0.496. The molecule has 3 amide bonds. The predicted molar refractivity (Wildman–Crippen MR) is 72.1 cm³/mol. The largest absolute Gasteiger partial charge is 0.354 e. The summed E-state index contributed by atoms with van der Waals surface area (Å²) in [7, 11) is 0. The SMILES string of the molecule is O=C1NCCCCC1N1C(=O)c2csc([N+](=O)[O-])c2C1=O. The number of thiophene rings is 1. The zero-order valence-corrected chi connectivity index (χ0v) is 11.6. The number of carbonyl (C=O) groups is 3. The van der Waals surface area contributed by atoms with Gasteiger partial charge in [0.05, 0.1) is 10.5 Å². The van der Waals surface area contributed by atoms with Crippen molar-refractivity contribution < 1.29 is 19.3 Å². The van der Waals surface area contributed by atoms with E-state index in [0.29, 0.717) is 19.4 Å². The second-order valence-corrected chi connectivity index (χ2v) is 5.73. The van der Waals surface area contributed by atoms with E-state index in [9.17, 15) is 24.5 Å². The summed E-state index contributed by atoms with van der Waals surface area (Å²) < 4.78 is 0. The number of hydrogen-bond donors (Lipinski definition) is 1. The fourth-order valence-corrected chi connectivity index (χ4v) is 3.49. The van der Waals surface area contributed by atoms with Crippen LogP contribution >= 0.6 is 11.3 Å². The van der Waals surface area contributed by atoms with Gasteiger partial charge in [0.15, 0.2) is 0 Å². The maximum Gasteiger partial charge on any atom is 0.337 e. The van der Waals surface area contributed by atoms with Gasteiger partial charge in [-0.1, -0.05) is 11.3 Å². The summed E-state index contributed by atoms with van der Waals surface area (Å²) >= 11 is 0.753. The summed E-state index contributed by atoms with van der Waals surface area (Å²) in [6, 6.07) is -0.885. The molecule has 1 aromatic rings. The first kappa shape index (κ1) is 13.7. The molecule has 1 saturated heterocycles. The molecule has 1 unspecified atom stereocenters. The highest BCUT2D eigenvalue weighted by atomic mass is 32.1. The van der Waals surface area contributed by atoms with Crippen molar-refractivity contribution in [3.05, 3.63) is 26.6 Å². The highest BCUT2D eigenvalue weighted by molar-refractivity contribution is 7.14. The van der Waals surface area contributed by atoms with E-state index in [-0.39, 0.29) is 22.0 Å². The Bertz CT molecular complexity index is 668. The van der Waals surface area contributed by atoms with Gasteiger partial charge in [-0.3, -0.25) is 29.4 Å². The molecule has 3 heterocycles. The van der Waals surface area contributed by atoms with Crippen LogP contribution in [0.4, 0.5) is 5.00 Å². The number of nitro groups is 1. The lowest BCUT2D eigenvalue weighted by atomic mass is 10.1. The molecule has 9 heteroatoms. The van der Waals surface area contributed by atoms with Crippen molar-refractivity contribution in [3.8, 4) is 0 Å². The van der Waals surface area contributed by atoms with Crippen molar-refractivity contribution in [1.82, 2.24) is 10.2 Å². The fraction of sp³-hybridized carbons (Fsp3) is 0.417. The molecule has 1 atom stereocenters. The van der Waals surface area contributed by atoms with Crippen LogP contribution in [0.25, 0.3) is 0 Å². The molecule has 2 aliphatic rings. The molecular formula is C12H11N3O5S. The normalized spacial score (nSPS) is 22.0. The van der Waals surface area contributed by atoms with E-state index in [0.717, 1.165) is 22.7 Å². The lowest BCUT2D eigenvalue weighted by Gasteiger charge is -2.23. The third kappa shape index (κ3) is 2.00. The monoisotopic (exact) mass is 309 g/mol. The first-order valence-corrected chi connectivity index (χ1v) is 7.32. The Labute approximate surface area is 122 Å². The number of nitrogens with one attached hydrogen (secondary N) is 1. The first-order valence-electron chi connectivity index (χ1n) is 6.44. The van der Waals surface area contributed by atoms with Gasteiger partial charge in [0.1, 0.15) is 11.6 Å². The molecule has 2 aliphatic heterocycles. The minimum atomic E-state index is -0.885. The van der Waals surface area contributed by atoms with E-state index in [1.54, 1.807) is 0 Å². The zero-order chi connectivity index (χ0) is 15.1. The van der Waals surface area contributed by atoms with Crippen LogP contribution in [-0.4, -0.2) is 40.1 Å². The smallest absolute Gasteiger partial charge is 0.337 e. The standard InChI is InChI=1S/C12H11N3O5S/c16-9-7(3-1-2-4-13-9)14-10(17)6-5-21-12(15(19)20)8(6)11(14)18/h5,7H,1-4H2,(H,13,16). The highest BCUT2D eigenvalue weighted by Gasteiger charge is 2.47. The van der Waals surface area contributed by atoms with Gasteiger partial charge >= 0.3 is 5.00 Å². The van der Waals surface area contributed by atoms with Crippen LogP contribution < -0.4 is 5.32 Å². The van der Waals surface area contributed by atoms with E-state index in [1.807, 2.05) is 0 Å². The number of hydrogen-bond acceptors (Lipinski definition) is 6. The molecule has 3 rings (SSSR count). The van der Waals surface area contributed by atoms with Crippen molar-refractivity contribution in [2.75, 3.05) is 6.54 Å². The molecule has 8 nitrogen and oxygen atoms in total. The molecule has 1 aromatic heterocycles. The van der Waals surface area contributed by atoms with Crippen LogP contribution in [0.15, 0.2) is 5.38 Å². The topological polar surface area (TPSA) is 110 Å². The van der Waals surface area contributed by atoms with Gasteiger partial charge in [-0.05, 0) is 19.3 Å². The van der Waals surface area contributed by atoms with Crippen molar-refractivity contribution in [2.24, 2.45) is 0 Å². The van der Waals surface area contributed by atoms with Crippen LogP contribution in [0.3, 0.4) is 0 Å². The Balaban J connectivity index is 1.99. The number of fused-ring (bicyclic) bond motifs is 1. The number of amides is 3. The van der Waals surface area contributed by atoms with Gasteiger partial charge in [0, 0.05) is 11.9 Å². The van der Waals surface area contributed by atoms with Gasteiger partial charge < -0.3 is 5.32 Å². The number of carbonyl (C=O) groups excluding carboxylic acids is 3. The van der Waals surface area contributed by atoms with Crippen molar-refractivity contribution in [2.45, 2.75) is 25.3 Å². The molecular weight excluding hydrogens is 298 g/mol. The molecule has 0 aromatic carbocycles. The molecule has 1 N–H and O–H groups in total. The van der Waals surface area contributed by atoms with E-state index < -0.39 is 22.8 Å². The number of nitrogens with zero attached hydrogens (tertiary/aromatic N) is 2. The predicted octanol–water partition coefficient (Wildman–Crippen LogP) is 0.921. The van der Waals surface area contributed by atoms with E-state index in [2.05, 4.69) is 5.32 Å². The molecule has 110 valence electrons. The molecule has 0 aliphatic carbocycles. The van der Waals surface area contributed by atoms with Gasteiger partial charge in [-0.15, -0.1) is 0 Å². The van der Waals surface area contributed by atoms with Gasteiger partial charge in [-0.2, -0.15) is 0 Å². The third-order valence-corrected chi connectivity index (χ3v) is 4.57. The summed E-state index contributed by atoms with van der Waals surface area (Å²) in [5.74, 6) is -1.75. The van der Waals surface area contributed by atoms with E-state index in [4.69, 9.17) is 0 Å². The molecule has 0 saturated carbocycles. The van der Waals surface area contributed by atoms with Gasteiger partial charge in [-0.25, -0.2) is 0 Å². The lowest BCUT2D eigenvalue weighted by Crippen LogP contribution is -2.48. The maximum absolute atomic E-state index is 12.4. The summed E-state index contributed by atoms with van der Waals surface area (Å²) in [4.78, 5) is 47.8. The Hall–Kier alpha value is -2.29. The second-order valence-electron chi connectivity index (χ2n) is 4.87. The number of rotatable bonds is 2. The summed E-state index contributed by atoms with van der Waals surface area (Å²) in [5.41, 5.74) is -0.166. The van der Waals surface area contributed by atoms with E-state index >= 15 is 0 Å². The molecule has 0 bridgehead atoms. The Morgan fingerprint density at radius 1 is 1.29 bits per heavy atom. The van der Waals surface area contributed by atoms with Crippen LogP contribution in [0.1, 0.15) is 40.0 Å². The van der Waals surface area contributed by atoms with Crippen LogP contribution in [0.5, 0.6) is 0 Å². The van der Waals surface area contributed by atoms with Gasteiger partial charge in [0.2, 0.25) is 5.91 Å². The average Bonchev–Trinajstić information content (AvgIpc) is 2.90. The Kier molecular flexibility index (Phi) is 3.20. The van der Waals surface area contributed by atoms with Gasteiger partial charge in [0.25, 0.3) is 11.8 Å².